The number of esters is 1. The first-order chi connectivity index (χ1) is 9.52. The summed E-state index contributed by atoms with van der Waals surface area (Å²) < 4.78 is 11.4. The lowest BCUT2D eigenvalue weighted by Gasteiger charge is -2.09. The Bertz CT molecular complexity index is 632. The predicted octanol–water partition coefficient (Wildman–Crippen LogP) is 4.15. The van der Waals surface area contributed by atoms with Crippen molar-refractivity contribution in [2.45, 2.75) is 0 Å². The van der Waals surface area contributed by atoms with Crippen LogP contribution < -0.4 is 9.47 Å². The molecular formula is C14H10Br2O4. The minimum absolute atomic E-state index is 0.138. The Labute approximate surface area is 132 Å². The maximum Gasteiger partial charge on any atom is 0.343 e. The standard InChI is InChI=1S/C14H10Br2O4/c1-19-13-10(16)6-8(7-11(13)17)14(18)20-12-5-3-2-4-9(12)15/h2-7,17H,1H3. The van der Waals surface area contributed by atoms with Gasteiger partial charge in [-0.2, -0.15) is 0 Å². The van der Waals surface area contributed by atoms with Gasteiger partial charge in [-0.15, -0.1) is 0 Å². The minimum Gasteiger partial charge on any atom is -0.504 e. The first-order valence-electron chi connectivity index (χ1n) is 5.56. The fourth-order valence-corrected chi connectivity index (χ4v) is 2.56. The number of phenols is 1. The van der Waals surface area contributed by atoms with E-state index in [0.717, 1.165) is 0 Å². The summed E-state index contributed by atoms with van der Waals surface area (Å²) >= 11 is 6.52. The topological polar surface area (TPSA) is 55.8 Å². The third kappa shape index (κ3) is 3.13. The summed E-state index contributed by atoms with van der Waals surface area (Å²) in [6.45, 7) is 0. The SMILES string of the molecule is COc1c(O)cc(C(=O)Oc2ccccc2Br)cc1Br. The third-order valence-corrected chi connectivity index (χ3v) is 3.75. The Morgan fingerprint density at radius 1 is 1.15 bits per heavy atom. The highest BCUT2D eigenvalue weighted by Crippen LogP contribution is 2.36. The van der Waals surface area contributed by atoms with Crippen LogP contribution in [-0.4, -0.2) is 18.2 Å². The van der Waals surface area contributed by atoms with Crippen molar-refractivity contribution < 1.29 is 19.4 Å². The fourth-order valence-electron chi connectivity index (χ4n) is 1.59. The number of carbonyl (C=O) groups is 1. The molecule has 4 nitrogen and oxygen atoms in total. The summed E-state index contributed by atoms with van der Waals surface area (Å²) in [4.78, 5) is 12.1. The minimum atomic E-state index is -0.574. The number of benzene rings is 2. The number of methoxy groups -OCH3 is 1. The lowest BCUT2D eigenvalue weighted by Crippen LogP contribution is -2.09. The van der Waals surface area contributed by atoms with Crippen molar-refractivity contribution in [2.24, 2.45) is 0 Å². The van der Waals surface area contributed by atoms with E-state index in [2.05, 4.69) is 31.9 Å². The van der Waals surface area contributed by atoms with E-state index in [1.807, 2.05) is 6.07 Å². The lowest BCUT2D eigenvalue weighted by molar-refractivity contribution is 0.0733. The molecule has 2 aromatic carbocycles. The number of halogens is 2. The van der Waals surface area contributed by atoms with E-state index in [1.165, 1.54) is 19.2 Å². The van der Waals surface area contributed by atoms with Gasteiger partial charge in [-0.1, -0.05) is 12.1 Å². The number of carbonyl (C=O) groups excluding carboxylic acids is 1. The molecule has 6 heteroatoms. The van der Waals surface area contributed by atoms with Crippen molar-refractivity contribution in [3.05, 3.63) is 50.9 Å². The number of rotatable bonds is 3. The Balaban J connectivity index is 2.29. The van der Waals surface area contributed by atoms with Crippen LogP contribution in [0.15, 0.2) is 45.3 Å². The van der Waals surface area contributed by atoms with Gasteiger partial charge in [-0.3, -0.25) is 0 Å². The van der Waals surface area contributed by atoms with Crippen LogP contribution in [0.25, 0.3) is 0 Å². The fraction of sp³-hybridized carbons (Fsp3) is 0.0714. The van der Waals surface area contributed by atoms with Gasteiger partial charge in [-0.25, -0.2) is 4.79 Å². The van der Waals surface area contributed by atoms with Crippen LogP contribution in [-0.2, 0) is 0 Å². The van der Waals surface area contributed by atoms with Crippen LogP contribution in [0.2, 0.25) is 0 Å². The van der Waals surface area contributed by atoms with Gasteiger partial charge >= 0.3 is 5.97 Å². The molecule has 0 aliphatic rings. The average molecular weight is 402 g/mol. The number of aromatic hydroxyl groups is 1. The van der Waals surface area contributed by atoms with Gasteiger partial charge in [0.05, 0.1) is 21.6 Å². The molecular weight excluding hydrogens is 392 g/mol. The molecule has 0 saturated heterocycles. The maximum absolute atomic E-state index is 12.1. The Morgan fingerprint density at radius 2 is 1.85 bits per heavy atom. The number of hydrogen-bond donors (Lipinski definition) is 1. The van der Waals surface area contributed by atoms with Gasteiger partial charge < -0.3 is 14.6 Å². The van der Waals surface area contributed by atoms with Crippen molar-refractivity contribution in [3.63, 3.8) is 0 Å². The monoisotopic (exact) mass is 400 g/mol. The summed E-state index contributed by atoms with van der Waals surface area (Å²) in [7, 11) is 1.43. The predicted molar refractivity (Wildman–Crippen MR) is 81.5 cm³/mol. The lowest BCUT2D eigenvalue weighted by atomic mass is 10.2. The van der Waals surface area contributed by atoms with Crippen molar-refractivity contribution in [1.29, 1.82) is 0 Å². The normalized spacial score (nSPS) is 10.2. The van der Waals surface area contributed by atoms with Gasteiger partial charge in [0, 0.05) is 0 Å². The summed E-state index contributed by atoms with van der Waals surface area (Å²) in [5, 5.41) is 9.77. The molecule has 0 aromatic heterocycles. The zero-order valence-corrected chi connectivity index (χ0v) is 13.6. The van der Waals surface area contributed by atoms with Crippen LogP contribution in [0, 0.1) is 0 Å². The van der Waals surface area contributed by atoms with E-state index >= 15 is 0 Å². The van der Waals surface area contributed by atoms with Gasteiger partial charge in [0.1, 0.15) is 5.75 Å². The smallest absolute Gasteiger partial charge is 0.343 e. The zero-order chi connectivity index (χ0) is 14.7. The van der Waals surface area contributed by atoms with Crippen LogP contribution in [0.4, 0.5) is 0 Å². The second kappa shape index (κ2) is 6.28. The highest BCUT2D eigenvalue weighted by atomic mass is 79.9. The van der Waals surface area contributed by atoms with E-state index in [4.69, 9.17) is 9.47 Å². The van der Waals surface area contributed by atoms with Crippen molar-refractivity contribution in [1.82, 2.24) is 0 Å². The van der Waals surface area contributed by atoms with E-state index in [-0.39, 0.29) is 17.1 Å². The second-order valence-corrected chi connectivity index (χ2v) is 5.54. The summed E-state index contributed by atoms with van der Waals surface area (Å²) in [5.74, 6) is -0.0390. The molecule has 0 aliphatic carbocycles. The van der Waals surface area contributed by atoms with Crippen molar-refractivity contribution in [3.8, 4) is 17.2 Å². The molecule has 0 heterocycles. The molecule has 0 amide bonds. The zero-order valence-electron chi connectivity index (χ0n) is 10.4. The summed E-state index contributed by atoms with van der Waals surface area (Å²) in [6.07, 6.45) is 0. The van der Waals surface area contributed by atoms with Crippen molar-refractivity contribution >= 4 is 37.8 Å². The Kier molecular flexibility index (Phi) is 4.67. The first-order valence-corrected chi connectivity index (χ1v) is 7.14. The molecule has 104 valence electrons. The molecule has 0 unspecified atom stereocenters. The molecule has 2 aromatic rings. The van der Waals surface area contributed by atoms with Gasteiger partial charge in [0.2, 0.25) is 0 Å². The molecule has 0 aliphatic heterocycles. The van der Waals surface area contributed by atoms with Gasteiger partial charge in [0.25, 0.3) is 0 Å². The van der Waals surface area contributed by atoms with Gasteiger partial charge in [-0.05, 0) is 56.1 Å². The third-order valence-electron chi connectivity index (χ3n) is 2.50. The van der Waals surface area contributed by atoms with Crippen LogP contribution in [0.3, 0.4) is 0 Å². The number of phenolic OH excluding ortho intramolecular Hbond substituents is 1. The maximum atomic E-state index is 12.1. The van der Waals surface area contributed by atoms with Crippen LogP contribution in [0.1, 0.15) is 10.4 Å². The summed E-state index contributed by atoms with van der Waals surface area (Å²) in [5.41, 5.74) is 0.214. The molecule has 0 saturated carbocycles. The molecule has 1 N–H and O–H groups in total. The molecule has 0 radical (unpaired) electrons. The Hall–Kier alpha value is -1.53. The molecule has 20 heavy (non-hydrogen) atoms. The largest absolute Gasteiger partial charge is 0.504 e. The van der Waals surface area contributed by atoms with Crippen molar-refractivity contribution in [2.75, 3.05) is 7.11 Å². The highest BCUT2D eigenvalue weighted by molar-refractivity contribution is 9.10. The molecule has 2 rings (SSSR count). The van der Waals surface area contributed by atoms with E-state index in [9.17, 15) is 9.90 Å². The van der Waals surface area contributed by atoms with E-state index < -0.39 is 5.97 Å². The van der Waals surface area contributed by atoms with Crippen LogP contribution >= 0.6 is 31.9 Å². The molecule has 0 fully saturated rings. The van der Waals surface area contributed by atoms with Gasteiger partial charge in [0.15, 0.2) is 11.5 Å². The molecule has 0 atom stereocenters. The summed E-state index contributed by atoms with van der Waals surface area (Å²) in [6, 6.07) is 9.83. The Morgan fingerprint density at radius 3 is 2.45 bits per heavy atom. The molecule has 0 spiro atoms. The second-order valence-electron chi connectivity index (χ2n) is 3.83. The number of ether oxygens (including phenoxy) is 2. The first kappa shape index (κ1) is 14.9. The highest BCUT2D eigenvalue weighted by Gasteiger charge is 2.16. The molecule has 0 bridgehead atoms. The van der Waals surface area contributed by atoms with Crippen LogP contribution in [0.5, 0.6) is 17.2 Å². The van der Waals surface area contributed by atoms with E-state index in [1.54, 1.807) is 18.2 Å². The van der Waals surface area contributed by atoms with E-state index in [0.29, 0.717) is 14.7 Å². The quantitative estimate of drug-likeness (QED) is 0.620. The average Bonchev–Trinajstić information content (AvgIpc) is 2.41. The number of hydrogen-bond acceptors (Lipinski definition) is 4. The number of para-hydroxylation sites is 1.